The van der Waals surface area contributed by atoms with E-state index >= 15 is 0 Å². The number of aryl methyl sites for hydroxylation is 1. The molecule has 2 atom stereocenters. The van der Waals surface area contributed by atoms with E-state index in [-0.39, 0.29) is 0 Å². The summed E-state index contributed by atoms with van der Waals surface area (Å²) in [6.45, 7) is 12.7. The predicted octanol–water partition coefficient (Wildman–Crippen LogP) is 2.45. The second kappa shape index (κ2) is 6.93. The highest BCUT2D eigenvalue weighted by Crippen LogP contribution is 2.24. The van der Waals surface area contributed by atoms with Gasteiger partial charge in [-0.25, -0.2) is 4.98 Å². The topological polar surface area (TPSA) is 33.1 Å². The summed E-state index contributed by atoms with van der Waals surface area (Å²) in [5.41, 5.74) is 0.318. The van der Waals surface area contributed by atoms with Gasteiger partial charge in [-0.1, -0.05) is 34.1 Å². The van der Waals surface area contributed by atoms with E-state index in [4.69, 9.17) is 0 Å². The molecule has 4 nitrogen and oxygen atoms in total. The van der Waals surface area contributed by atoms with Gasteiger partial charge in [0.2, 0.25) is 0 Å². The molecule has 21 heavy (non-hydrogen) atoms. The third-order valence-corrected chi connectivity index (χ3v) is 4.74. The summed E-state index contributed by atoms with van der Waals surface area (Å²) in [5, 5.41) is 3.77. The fraction of sp³-hybridized carbons (Fsp3) is 0.824. The van der Waals surface area contributed by atoms with Gasteiger partial charge in [0.15, 0.2) is 0 Å². The van der Waals surface area contributed by atoms with E-state index in [2.05, 4.69) is 54.5 Å². The van der Waals surface area contributed by atoms with Crippen molar-refractivity contribution >= 4 is 0 Å². The summed E-state index contributed by atoms with van der Waals surface area (Å²) in [4.78, 5) is 7.14. The molecular weight excluding hydrogens is 260 g/mol. The van der Waals surface area contributed by atoms with Crippen LogP contribution in [-0.2, 0) is 13.5 Å². The number of nitrogens with zero attached hydrogens (tertiary/aromatic N) is 3. The predicted molar refractivity (Wildman–Crippen MR) is 88.4 cm³/mol. The summed E-state index contributed by atoms with van der Waals surface area (Å²) in [6, 6.07) is 1.25. The Morgan fingerprint density at radius 2 is 2.14 bits per heavy atom. The number of rotatable bonds is 5. The molecule has 0 spiro atoms. The summed E-state index contributed by atoms with van der Waals surface area (Å²) < 4.78 is 2.14. The van der Waals surface area contributed by atoms with Gasteiger partial charge >= 0.3 is 0 Å². The van der Waals surface area contributed by atoms with E-state index in [0.29, 0.717) is 17.5 Å². The van der Waals surface area contributed by atoms with Gasteiger partial charge in [0.25, 0.3) is 0 Å². The van der Waals surface area contributed by atoms with Crippen LogP contribution in [0, 0.1) is 5.41 Å². The van der Waals surface area contributed by atoms with Crippen LogP contribution in [0.5, 0.6) is 0 Å². The second-order valence-electron chi connectivity index (χ2n) is 7.47. The molecule has 2 unspecified atom stereocenters. The van der Waals surface area contributed by atoms with Crippen molar-refractivity contribution in [1.82, 2.24) is 19.8 Å². The zero-order valence-electron chi connectivity index (χ0n) is 14.4. The van der Waals surface area contributed by atoms with Gasteiger partial charge in [0, 0.05) is 57.6 Å². The molecule has 1 aliphatic rings. The normalized spacial score (nSPS) is 24.4. The highest BCUT2D eigenvalue weighted by molar-refractivity contribution is 4.95. The zero-order valence-corrected chi connectivity index (χ0v) is 14.4. The summed E-state index contributed by atoms with van der Waals surface area (Å²) in [7, 11) is 2.08. The number of imidazole rings is 1. The molecule has 2 heterocycles. The Bertz CT molecular complexity index is 432. The van der Waals surface area contributed by atoms with E-state index in [1.165, 1.54) is 18.7 Å². The van der Waals surface area contributed by atoms with Crippen molar-refractivity contribution in [3.63, 3.8) is 0 Å². The van der Waals surface area contributed by atoms with Crippen molar-refractivity contribution in [3.05, 3.63) is 18.2 Å². The van der Waals surface area contributed by atoms with Crippen LogP contribution in [0.15, 0.2) is 12.4 Å². The molecule has 0 aliphatic carbocycles. The fourth-order valence-electron chi connectivity index (χ4n) is 3.21. The van der Waals surface area contributed by atoms with Crippen molar-refractivity contribution in [2.75, 3.05) is 19.6 Å². The Kier molecular flexibility index (Phi) is 5.44. The summed E-state index contributed by atoms with van der Waals surface area (Å²) in [6.07, 6.45) is 7.51. The van der Waals surface area contributed by atoms with Gasteiger partial charge in [-0.3, -0.25) is 4.90 Å². The molecule has 120 valence electrons. The minimum atomic E-state index is 0.318. The van der Waals surface area contributed by atoms with E-state index in [0.717, 1.165) is 26.1 Å². The lowest BCUT2D eigenvalue weighted by Crippen LogP contribution is -2.60. The molecule has 4 heteroatoms. The van der Waals surface area contributed by atoms with E-state index in [1.807, 2.05) is 12.4 Å². The molecule has 1 aromatic heterocycles. The number of nitrogens with one attached hydrogen (secondary N) is 1. The van der Waals surface area contributed by atoms with Gasteiger partial charge in [0.05, 0.1) is 0 Å². The van der Waals surface area contributed by atoms with Crippen LogP contribution < -0.4 is 5.32 Å². The largest absolute Gasteiger partial charge is 0.338 e. The van der Waals surface area contributed by atoms with E-state index < -0.39 is 0 Å². The molecule has 0 bridgehead atoms. The average Bonchev–Trinajstić information content (AvgIpc) is 2.82. The fourth-order valence-corrected chi connectivity index (χ4v) is 3.21. The monoisotopic (exact) mass is 292 g/mol. The Morgan fingerprint density at radius 1 is 1.38 bits per heavy atom. The first-order valence-corrected chi connectivity index (χ1v) is 8.35. The van der Waals surface area contributed by atoms with Gasteiger partial charge in [-0.2, -0.15) is 0 Å². The molecule has 0 amide bonds. The van der Waals surface area contributed by atoms with Gasteiger partial charge in [0.1, 0.15) is 5.82 Å². The number of piperazine rings is 1. The Morgan fingerprint density at radius 3 is 2.71 bits per heavy atom. The van der Waals surface area contributed by atoms with Crippen LogP contribution >= 0.6 is 0 Å². The van der Waals surface area contributed by atoms with Gasteiger partial charge in [-0.05, 0) is 11.8 Å². The molecule has 1 aromatic rings. The maximum Gasteiger partial charge on any atom is 0.109 e. The maximum atomic E-state index is 4.46. The lowest BCUT2D eigenvalue weighted by molar-refractivity contribution is 0.0813. The van der Waals surface area contributed by atoms with Gasteiger partial charge < -0.3 is 9.88 Å². The molecule has 1 aliphatic heterocycles. The molecule has 0 radical (unpaired) electrons. The lowest BCUT2D eigenvalue weighted by atomic mass is 9.84. The van der Waals surface area contributed by atoms with Crippen LogP contribution in [0.1, 0.15) is 46.4 Å². The summed E-state index contributed by atoms with van der Waals surface area (Å²) in [5.74, 6) is 1.19. The van der Waals surface area contributed by atoms with Crippen LogP contribution in [0.4, 0.5) is 0 Å². The maximum absolute atomic E-state index is 4.46. The van der Waals surface area contributed by atoms with Crippen LogP contribution in [0.25, 0.3) is 0 Å². The van der Waals surface area contributed by atoms with Crippen molar-refractivity contribution in [3.8, 4) is 0 Å². The molecule has 0 saturated carbocycles. The molecule has 1 saturated heterocycles. The molecule has 2 rings (SSSR count). The van der Waals surface area contributed by atoms with Crippen molar-refractivity contribution in [1.29, 1.82) is 0 Å². The smallest absolute Gasteiger partial charge is 0.109 e. The molecule has 0 aromatic carbocycles. The lowest BCUT2D eigenvalue weighted by Gasteiger charge is -2.45. The first-order chi connectivity index (χ1) is 9.91. The molecular formula is C17H32N4. The minimum Gasteiger partial charge on any atom is -0.338 e. The highest BCUT2D eigenvalue weighted by atomic mass is 15.2. The third-order valence-electron chi connectivity index (χ3n) is 4.74. The van der Waals surface area contributed by atoms with Crippen molar-refractivity contribution in [2.24, 2.45) is 12.5 Å². The van der Waals surface area contributed by atoms with Crippen LogP contribution in [0.2, 0.25) is 0 Å². The van der Waals surface area contributed by atoms with Crippen molar-refractivity contribution < 1.29 is 0 Å². The number of hydrogen-bond donors (Lipinski definition) is 1. The van der Waals surface area contributed by atoms with Crippen LogP contribution in [-0.4, -0.2) is 46.2 Å². The number of aromatic nitrogens is 2. The first kappa shape index (κ1) is 16.5. The second-order valence-corrected chi connectivity index (χ2v) is 7.47. The number of hydrogen-bond acceptors (Lipinski definition) is 3. The Balaban J connectivity index is 1.98. The standard InChI is InChI=1S/C17H32N4/c1-6-7-14-12-19-15(17(2,3)4)13-21(14)10-8-16-18-9-11-20(16)5/h9,11,14-15,19H,6-8,10,12-13H2,1-5H3. The van der Waals surface area contributed by atoms with Gasteiger partial charge in [-0.15, -0.1) is 0 Å². The molecule has 1 fully saturated rings. The SMILES string of the molecule is CCCC1CNC(C(C)(C)C)CN1CCc1nccn1C. The Labute approximate surface area is 129 Å². The Hall–Kier alpha value is -0.870. The van der Waals surface area contributed by atoms with E-state index in [9.17, 15) is 0 Å². The highest BCUT2D eigenvalue weighted by Gasteiger charge is 2.33. The zero-order chi connectivity index (χ0) is 15.5. The molecule has 1 N–H and O–H groups in total. The van der Waals surface area contributed by atoms with Crippen LogP contribution in [0.3, 0.4) is 0 Å². The van der Waals surface area contributed by atoms with E-state index in [1.54, 1.807) is 0 Å². The third kappa shape index (κ3) is 4.30. The van der Waals surface area contributed by atoms with Crippen molar-refractivity contribution in [2.45, 2.75) is 59.0 Å². The first-order valence-electron chi connectivity index (χ1n) is 8.35. The quantitative estimate of drug-likeness (QED) is 0.905. The minimum absolute atomic E-state index is 0.318. The summed E-state index contributed by atoms with van der Waals surface area (Å²) >= 11 is 0. The average molecular weight is 292 g/mol.